The van der Waals surface area contributed by atoms with Gasteiger partial charge in [0.25, 0.3) is 0 Å². The number of amides is 1. The molecule has 1 N–H and O–H groups in total. The Hall–Kier alpha value is -1.39. The van der Waals surface area contributed by atoms with Gasteiger partial charge in [-0.2, -0.15) is 5.26 Å². The predicted octanol–water partition coefficient (Wildman–Crippen LogP) is 4.11. The topological polar surface area (TPSA) is 56.1 Å². The number of rotatable bonds is 5. The van der Waals surface area contributed by atoms with Crippen LogP contribution in [0, 0.1) is 11.3 Å². The van der Waals surface area contributed by atoms with Crippen LogP contribution in [0.2, 0.25) is 5.02 Å². The highest BCUT2D eigenvalue weighted by atomic mass is 79.9. The van der Waals surface area contributed by atoms with Crippen LogP contribution in [-0.2, 0) is 11.3 Å². The third-order valence-corrected chi connectivity index (χ3v) is 4.73. The van der Waals surface area contributed by atoms with E-state index >= 15 is 0 Å². The Bertz CT molecular complexity index is 726. The molecule has 22 heavy (non-hydrogen) atoms. The highest BCUT2D eigenvalue weighted by molar-refractivity contribution is 9.11. The van der Waals surface area contributed by atoms with Gasteiger partial charge in [0.1, 0.15) is 6.07 Å². The molecular formula is C15H13BrClN3OS. The van der Waals surface area contributed by atoms with Gasteiger partial charge in [0, 0.05) is 12.2 Å². The Morgan fingerprint density at radius 1 is 1.50 bits per heavy atom. The molecule has 4 nitrogen and oxygen atoms in total. The van der Waals surface area contributed by atoms with Crippen LogP contribution in [0.3, 0.4) is 0 Å². The number of halogens is 2. The molecule has 1 aromatic heterocycles. The molecule has 0 unspecified atom stereocenters. The van der Waals surface area contributed by atoms with Crippen LogP contribution in [0.4, 0.5) is 5.69 Å². The molecule has 0 fully saturated rings. The van der Waals surface area contributed by atoms with Gasteiger partial charge in [-0.25, -0.2) is 0 Å². The monoisotopic (exact) mass is 397 g/mol. The van der Waals surface area contributed by atoms with Crippen LogP contribution >= 0.6 is 38.9 Å². The van der Waals surface area contributed by atoms with E-state index in [0.717, 1.165) is 9.35 Å². The minimum Gasteiger partial charge on any atom is -0.325 e. The number of nitriles is 1. The van der Waals surface area contributed by atoms with Crippen molar-refractivity contribution in [2.24, 2.45) is 0 Å². The first-order chi connectivity index (χ1) is 10.5. The minimum atomic E-state index is -0.127. The van der Waals surface area contributed by atoms with Crippen molar-refractivity contribution in [3.05, 3.63) is 49.6 Å². The lowest BCUT2D eigenvalue weighted by Gasteiger charge is -2.15. The summed E-state index contributed by atoms with van der Waals surface area (Å²) in [6, 6.07) is 8.85. The van der Waals surface area contributed by atoms with E-state index in [0.29, 0.717) is 22.8 Å². The molecule has 0 spiro atoms. The van der Waals surface area contributed by atoms with Crippen LogP contribution in [0.1, 0.15) is 11.1 Å². The molecule has 0 aliphatic carbocycles. The number of nitrogens with zero attached hydrogens (tertiary/aromatic N) is 2. The summed E-state index contributed by atoms with van der Waals surface area (Å²) in [6.07, 6.45) is 0. The fraction of sp³-hybridized carbons (Fsp3) is 0.200. The smallest absolute Gasteiger partial charge is 0.238 e. The summed E-state index contributed by atoms with van der Waals surface area (Å²) in [5, 5.41) is 14.0. The zero-order chi connectivity index (χ0) is 16.1. The van der Waals surface area contributed by atoms with Crippen molar-refractivity contribution in [3.63, 3.8) is 0 Å². The molecule has 2 rings (SSSR count). The van der Waals surface area contributed by atoms with Crippen molar-refractivity contribution < 1.29 is 4.79 Å². The van der Waals surface area contributed by atoms with E-state index in [1.165, 1.54) is 0 Å². The second-order valence-electron chi connectivity index (χ2n) is 4.79. The van der Waals surface area contributed by atoms with Crippen LogP contribution in [0.15, 0.2) is 33.4 Å². The number of carbonyl (C=O) groups is 1. The molecule has 7 heteroatoms. The minimum absolute atomic E-state index is 0.127. The SMILES string of the molecule is CN(CC(=O)Nc1ccc(C#N)c(Cl)c1)Cc1csc(Br)c1. The zero-order valence-corrected chi connectivity index (χ0v) is 14.9. The first kappa shape index (κ1) is 17.0. The first-order valence-corrected chi connectivity index (χ1v) is 8.44. The van der Waals surface area contributed by atoms with E-state index in [2.05, 4.69) is 26.6 Å². The van der Waals surface area contributed by atoms with Crippen molar-refractivity contribution >= 4 is 50.5 Å². The number of hydrogen-bond acceptors (Lipinski definition) is 4. The van der Waals surface area contributed by atoms with Gasteiger partial charge in [0.15, 0.2) is 0 Å². The fourth-order valence-corrected chi connectivity index (χ4v) is 3.35. The molecule has 0 atom stereocenters. The largest absolute Gasteiger partial charge is 0.325 e. The van der Waals surface area contributed by atoms with Gasteiger partial charge in [-0.3, -0.25) is 9.69 Å². The second kappa shape index (κ2) is 7.75. The molecule has 114 valence electrons. The average Bonchev–Trinajstić information content (AvgIpc) is 2.83. The molecule has 0 aliphatic rings. The van der Waals surface area contributed by atoms with Gasteiger partial charge in [-0.15, -0.1) is 11.3 Å². The van der Waals surface area contributed by atoms with Gasteiger partial charge in [0.2, 0.25) is 5.91 Å². The highest BCUT2D eigenvalue weighted by Crippen LogP contribution is 2.22. The maximum absolute atomic E-state index is 12.0. The molecule has 1 amide bonds. The second-order valence-corrected chi connectivity index (χ2v) is 7.48. The van der Waals surface area contributed by atoms with Crippen molar-refractivity contribution in [3.8, 4) is 6.07 Å². The third-order valence-electron chi connectivity index (χ3n) is 2.86. The lowest BCUT2D eigenvalue weighted by Crippen LogP contribution is -2.29. The number of hydrogen-bond donors (Lipinski definition) is 1. The van der Waals surface area contributed by atoms with Crippen molar-refractivity contribution in [2.45, 2.75) is 6.54 Å². The summed E-state index contributed by atoms with van der Waals surface area (Å²) in [7, 11) is 1.89. The van der Waals surface area contributed by atoms with Crippen LogP contribution in [-0.4, -0.2) is 24.4 Å². The van der Waals surface area contributed by atoms with Crippen LogP contribution < -0.4 is 5.32 Å². The standard InChI is InChI=1S/C15H13BrClN3OS/c1-20(7-10-4-14(16)22-9-10)8-15(21)19-12-3-2-11(6-18)13(17)5-12/h2-5,9H,7-8H2,1H3,(H,19,21). The maximum Gasteiger partial charge on any atom is 0.238 e. The van der Waals surface area contributed by atoms with E-state index in [-0.39, 0.29) is 12.5 Å². The number of likely N-dealkylation sites (N-methyl/N-ethyl adjacent to an activating group) is 1. The summed E-state index contributed by atoms with van der Waals surface area (Å²) in [5.74, 6) is -0.127. The van der Waals surface area contributed by atoms with E-state index in [1.807, 2.05) is 24.1 Å². The molecular weight excluding hydrogens is 386 g/mol. The Kier molecular flexibility index (Phi) is 5.98. The van der Waals surface area contributed by atoms with E-state index in [1.54, 1.807) is 29.5 Å². The zero-order valence-electron chi connectivity index (χ0n) is 11.8. The first-order valence-electron chi connectivity index (χ1n) is 6.39. The molecule has 0 radical (unpaired) electrons. The summed E-state index contributed by atoms with van der Waals surface area (Å²) in [5.41, 5.74) is 2.13. The quantitative estimate of drug-likeness (QED) is 0.824. The van der Waals surface area contributed by atoms with E-state index < -0.39 is 0 Å². The number of benzene rings is 1. The van der Waals surface area contributed by atoms with Gasteiger partial charge in [0.05, 0.1) is 20.9 Å². The fourth-order valence-electron chi connectivity index (χ4n) is 1.93. The van der Waals surface area contributed by atoms with Crippen LogP contribution in [0.25, 0.3) is 0 Å². The van der Waals surface area contributed by atoms with Crippen molar-refractivity contribution in [1.29, 1.82) is 5.26 Å². The normalized spacial score (nSPS) is 10.5. The Labute approximate surface area is 146 Å². The molecule has 0 saturated carbocycles. The van der Waals surface area contributed by atoms with Gasteiger partial charge in [-0.05, 0) is 58.2 Å². The van der Waals surface area contributed by atoms with Crippen molar-refractivity contribution in [2.75, 3.05) is 18.9 Å². The molecule has 1 aromatic carbocycles. The Morgan fingerprint density at radius 2 is 2.27 bits per heavy atom. The maximum atomic E-state index is 12.0. The third kappa shape index (κ3) is 4.82. The number of thiophene rings is 1. The van der Waals surface area contributed by atoms with Gasteiger partial charge < -0.3 is 5.32 Å². The average molecular weight is 399 g/mol. The van der Waals surface area contributed by atoms with Gasteiger partial charge in [-0.1, -0.05) is 11.6 Å². The summed E-state index contributed by atoms with van der Waals surface area (Å²) in [4.78, 5) is 13.9. The number of nitrogens with one attached hydrogen (secondary N) is 1. The lowest BCUT2D eigenvalue weighted by molar-refractivity contribution is -0.117. The Balaban J connectivity index is 1.89. The van der Waals surface area contributed by atoms with E-state index in [9.17, 15) is 4.79 Å². The molecule has 2 aromatic rings. The van der Waals surface area contributed by atoms with Crippen LogP contribution in [0.5, 0.6) is 0 Å². The van der Waals surface area contributed by atoms with Crippen molar-refractivity contribution in [1.82, 2.24) is 4.90 Å². The molecule has 0 bridgehead atoms. The molecule has 1 heterocycles. The Morgan fingerprint density at radius 3 is 2.86 bits per heavy atom. The van der Waals surface area contributed by atoms with E-state index in [4.69, 9.17) is 16.9 Å². The summed E-state index contributed by atoms with van der Waals surface area (Å²) >= 11 is 11.0. The highest BCUT2D eigenvalue weighted by Gasteiger charge is 2.09. The molecule has 0 saturated heterocycles. The predicted molar refractivity (Wildman–Crippen MR) is 93.1 cm³/mol. The number of anilines is 1. The summed E-state index contributed by atoms with van der Waals surface area (Å²) < 4.78 is 1.08. The van der Waals surface area contributed by atoms with Gasteiger partial charge >= 0.3 is 0 Å². The number of carbonyl (C=O) groups excluding carboxylic acids is 1. The summed E-state index contributed by atoms with van der Waals surface area (Å²) in [6.45, 7) is 0.967. The lowest BCUT2D eigenvalue weighted by atomic mass is 10.2. The molecule has 0 aliphatic heterocycles.